The van der Waals surface area contributed by atoms with Crippen molar-refractivity contribution in [3.63, 3.8) is 0 Å². The molecule has 2 aromatic carbocycles. The minimum Gasteiger partial charge on any atom is -0.491 e. The van der Waals surface area contributed by atoms with Crippen LogP contribution in [0, 0.1) is 13.8 Å². The topological polar surface area (TPSA) is 59.3 Å². The van der Waals surface area contributed by atoms with Crippen molar-refractivity contribution in [3.05, 3.63) is 76.1 Å². The average Bonchev–Trinajstić information content (AvgIpc) is 3.19. The van der Waals surface area contributed by atoms with Crippen LogP contribution in [0.15, 0.2) is 42.6 Å². The van der Waals surface area contributed by atoms with E-state index in [0.29, 0.717) is 0 Å². The summed E-state index contributed by atoms with van der Waals surface area (Å²) in [5.74, 6) is 0.760. The summed E-state index contributed by atoms with van der Waals surface area (Å²) < 4.78 is 7.91. The molecular weight excluding hydrogens is 386 g/mol. The van der Waals surface area contributed by atoms with E-state index in [1.54, 1.807) is 0 Å². The summed E-state index contributed by atoms with van der Waals surface area (Å²) in [6.07, 6.45) is 5.41. The van der Waals surface area contributed by atoms with E-state index in [0.717, 1.165) is 48.4 Å². The second-order valence-corrected chi connectivity index (χ2v) is 8.82. The molecule has 1 aliphatic rings. The number of nitrogens with one attached hydrogen (secondary N) is 1. The summed E-state index contributed by atoms with van der Waals surface area (Å²) in [5, 5.41) is 18.2. The monoisotopic (exact) mass is 419 g/mol. The standard InChI is InChI=1S/C26H33N3O2/c1-17(2)31-26-11-9-20(13-21(26)16-30)14-27-24-6-5-7-25-23(24)15-28-29(25)22-10-8-18(3)19(4)12-22/h8-13,15,17,24,27,30H,5-7,14,16H2,1-4H3/t24-/m0/s1. The predicted octanol–water partition coefficient (Wildman–Crippen LogP) is 4.94. The summed E-state index contributed by atoms with van der Waals surface area (Å²) in [5.41, 5.74) is 8.32. The molecule has 0 radical (unpaired) electrons. The normalized spacial score (nSPS) is 15.9. The number of hydrogen-bond acceptors (Lipinski definition) is 4. The first-order valence-electron chi connectivity index (χ1n) is 11.2. The van der Waals surface area contributed by atoms with Gasteiger partial charge < -0.3 is 15.2 Å². The van der Waals surface area contributed by atoms with Gasteiger partial charge in [-0.1, -0.05) is 12.1 Å². The maximum atomic E-state index is 9.74. The van der Waals surface area contributed by atoms with Crippen LogP contribution in [0.3, 0.4) is 0 Å². The summed E-state index contributed by atoms with van der Waals surface area (Å²) in [6, 6.07) is 12.9. The number of hydrogen-bond donors (Lipinski definition) is 2. The second kappa shape index (κ2) is 9.25. The molecule has 1 aliphatic carbocycles. The molecule has 0 saturated heterocycles. The molecule has 4 rings (SSSR count). The van der Waals surface area contributed by atoms with Crippen LogP contribution in [0.4, 0.5) is 0 Å². The molecule has 2 N–H and O–H groups in total. The first-order valence-corrected chi connectivity index (χ1v) is 11.2. The molecule has 5 heteroatoms. The molecule has 0 bridgehead atoms. The second-order valence-electron chi connectivity index (χ2n) is 8.82. The van der Waals surface area contributed by atoms with Crippen LogP contribution in [0.25, 0.3) is 5.69 Å². The zero-order valence-electron chi connectivity index (χ0n) is 19.0. The molecule has 3 aromatic rings. The molecule has 5 nitrogen and oxygen atoms in total. The Kier molecular flexibility index (Phi) is 6.44. The third kappa shape index (κ3) is 4.68. The number of aliphatic hydroxyl groups is 1. The van der Waals surface area contributed by atoms with E-state index in [1.807, 2.05) is 32.2 Å². The summed E-state index contributed by atoms with van der Waals surface area (Å²) in [7, 11) is 0. The highest BCUT2D eigenvalue weighted by molar-refractivity contribution is 5.42. The Morgan fingerprint density at radius 3 is 2.74 bits per heavy atom. The molecule has 0 saturated carbocycles. The van der Waals surface area contributed by atoms with Gasteiger partial charge in [-0.15, -0.1) is 0 Å². The van der Waals surface area contributed by atoms with Gasteiger partial charge in [0.2, 0.25) is 0 Å². The van der Waals surface area contributed by atoms with Crippen LogP contribution in [-0.2, 0) is 19.6 Å². The minimum atomic E-state index is -0.0216. The fourth-order valence-corrected chi connectivity index (χ4v) is 4.33. The molecule has 31 heavy (non-hydrogen) atoms. The number of aliphatic hydroxyl groups excluding tert-OH is 1. The van der Waals surface area contributed by atoms with Crippen molar-refractivity contribution in [1.29, 1.82) is 0 Å². The maximum absolute atomic E-state index is 9.74. The van der Waals surface area contributed by atoms with Gasteiger partial charge in [0.15, 0.2) is 0 Å². The zero-order chi connectivity index (χ0) is 22.0. The first-order chi connectivity index (χ1) is 15.0. The van der Waals surface area contributed by atoms with E-state index >= 15 is 0 Å². The van der Waals surface area contributed by atoms with Gasteiger partial charge in [0.25, 0.3) is 0 Å². The van der Waals surface area contributed by atoms with Gasteiger partial charge in [-0.05, 0) is 87.9 Å². The molecule has 1 heterocycles. The largest absolute Gasteiger partial charge is 0.491 e. The highest BCUT2D eigenvalue weighted by Gasteiger charge is 2.24. The molecule has 0 unspecified atom stereocenters. The van der Waals surface area contributed by atoms with Crippen LogP contribution in [0.2, 0.25) is 0 Å². The Balaban J connectivity index is 1.51. The van der Waals surface area contributed by atoms with Gasteiger partial charge in [-0.2, -0.15) is 5.10 Å². The molecule has 1 atom stereocenters. The van der Waals surface area contributed by atoms with Crippen LogP contribution < -0.4 is 10.1 Å². The van der Waals surface area contributed by atoms with Crippen molar-refractivity contribution in [2.45, 2.75) is 72.3 Å². The SMILES string of the molecule is Cc1ccc(-n2ncc3c2CCC[C@@H]3NCc2ccc(OC(C)C)c(CO)c2)cc1C. The first kappa shape index (κ1) is 21.6. The van der Waals surface area contributed by atoms with E-state index < -0.39 is 0 Å². The lowest BCUT2D eigenvalue weighted by Gasteiger charge is -2.25. The van der Waals surface area contributed by atoms with Gasteiger partial charge in [-0.25, -0.2) is 4.68 Å². The van der Waals surface area contributed by atoms with Gasteiger partial charge >= 0.3 is 0 Å². The third-order valence-electron chi connectivity index (χ3n) is 6.13. The van der Waals surface area contributed by atoms with Crippen LogP contribution in [0.1, 0.15) is 66.2 Å². The lowest BCUT2D eigenvalue weighted by Crippen LogP contribution is -2.25. The number of fused-ring (bicyclic) bond motifs is 1. The summed E-state index contributed by atoms with van der Waals surface area (Å²) in [6.45, 7) is 9.00. The fourth-order valence-electron chi connectivity index (χ4n) is 4.33. The molecule has 0 spiro atoms. The molecule has 0 amide bonds. The lowest BCUT2D eigenvalue weighted by atomic mass is 9.92. The quantitative estimate of drug-likeness (QED) is 0.570. The van der Waals surface area contributed by atoms with Gasteiger partial charge in [-0.3, -0.25) is 0 Å². The van der Waals surface area contributed by atoms with Gasteiger partial charge in [0.05, 0.1) is 24.6 Å². The van der Waals surface area contributed by atoms with Gasteiger partial charge in [0, 0.05) is 29.4 Å². The van der Waals surface area contributed by atoms with Crippen LogP contribution in [0.5, 0.6) is 5.75 Å². The third-order valence-corrected chi connectivity index (χ3v) is 6.13. The van der Waals surface area contributed by atoms with Crippen molar-refractivity contribution >= 4 is 0 Å². The Hall–Kier alpha value is -2.63. The highest BCUT2D eigenvalue weighted by atomic mass is 16.5. The zero-order valence-corrected chi connectivity index (χ0v) is 19.0. The number of aromatic nitrogens is 2. The number of rotatable bonds is 7. The number of benzene rings is 2. The summed E-state index contributed by atoms with van der Waals surface area (Å²) >= 11 is 0. The fraction of sp³-hybridized carbons (Fsp3) is 0.423. The summed E-state index contributed by atoms with van der Waals surface area (Å²) in [4.78, 5) is 0. The number of nitrogens with zero attached hydrogens (tertiary/aromatic N) is 2. The van der Waals surface area contributed by atoms with E-state index in [-0.39, 0.29) is 18.8 Å². The smallest absolute Gasteiger partial charge is 0.125 e. The molecule has 1 aromatic heterocycles. The average molecular weight is 420 g/mol. The number of aryl methyl sites for hydroxylation is 2. The Labute approximate surface area is 185 Å². The predicted molar refractivity (Wildman–Crippen MR) is 124 cm³/mol. The lowest BCUT2D eigenvalue weighted by molar-refractivity contribution is 0.225. The van der Waals surface area contributed by atoms with E-state index in [2.05, 4.69) is 48.1 Å². The molecule has 0 fully saturated rings. The van der Waals surface area contributed by atoms with Gasteiger partial charge in [0.1, 0.15) is 5.75 Å². The number of ether oxygens (including phenoxy) is 1. The van der Waals surface area contributed by atoms with Crippen molar-refractivity contribution in [2.75, 3.05) is 0 Å². The molecular formula is C26H33N3O2. The Morgan fingerprint density at radius 2 is 2.00 bits per heavy atom. The Morgan fingerprint density at radius 1 is 1.16 bits per heavy atom. The van der Waals surface area contributed by atoms with Crippen molar-refractivity contribution in [3.8, 4) is 11.4 Å². The van der Waals surface area contributed by atoms with E-state index in [1.165, 1.54) is 22.4 Å². The molecule has 0 aliphatic heterocycles. The maximum Gasteiger partial charge on any atom is 0.125 e. The van der Waals surface area contributed by atoms with Crippen molar-refractivity contribution in [2.24, 2.45) is 0 Å². The Bertz CT molecular complexity index is 1050. The van der Waals surface area contributed by atoms with E-state index in [4.69, 9.17) is 9.84 Å². The van der Waals surface area contributed by atoms with Crippen molar-refractivity contribution in [1.82, 2.24) is 15.1 Å². The van der Waals surface area contributed by atoms with Crippen LogP contribution in [-0.4, -0.2) is 21.0 Å². The minimum absolute atomic E-state index is 0.0216. The van der Waals surface area contributed by atoms with Crippen molar-refractivity contribution < 1.29 is 9.84 Å². The van der Waals surface area contributed by atoms with E-state index in [9.17, 15) is 5.11 Å². The van der Waals surface area contributed by atoms with Crippen LogP contribution >= 0.6 is 0 Å². The highest BCUT2D eigenvalue weighted by Crippen LogP contribution is 2.32. The molecule has 164 valence electrons.